The van der Waals surface area contributed by atoms with Gasteiger partial charge in [0.05, 0.1) is 5.69 Å². The molecule has 0 radical (unpaired) electrons. The number of hydrogen-bond acceptors (Lipinski definition) is 3. The SMILES string of the molecule is OC(Cc1ccccn1)c1ccc(Br)cn1. The third-order valence-electron chi connectivity index (χ3n) is 2.22. The highest BCUT2D eigenvalue weighted by molar-refractivity contribution is 9.10. The number of hydrogen-bond donors (Lipinski definition) is 1. The number of halogens is 1. The lowest BCUT2D eigenvalue weighted by molar-refractivity contribution is 0.172. The predicted octanol–water partition coefficient (Wildman–Crippen LogP) is 2.52. The Morgan fingerprint density at radius 3 is 2.69 bits per heavy atom. The van der Waals surface area contributed by atoms with Gasteiger partial charge in [0.15, 0.2) is 0 Å². The normalized spacial score (nSPS) is 12.4. The van der Waals surface area contributed by atoms with Crippen LogP contribution in [0.3, 0.4) is 0 Å². The minimum absolute atomic E-state index is 0.482. The molecule has 82 valence electrons. The van der Waals surface area contributed by atoms with E-state index in [-0.39, 0.29) is 0 Å². The first-order valence-corrected chi connectivity index (χ1v) is 5.74. The summed E-state index contributed by atoms with van der Waals surface area (Å²) in [4.78, 5) is 8.31. The summed E-state index contributed by atoms with van der Waals surface area (Å²) in [6.07, 6.45) is 3.27. The number of aromatic nitrogens is 2. The fourth-order valence-electron chi connectivity index (χ4n) is 1.41. The highest BCUT2D eigenvalue weighted by Crippen LogP contribution is 2.16. The summed E-state index contributed by atoms with van der Waals surface area (Å²) in [6, 6.07) is 9.32. The zero-order chi connectivity index (χ0) is 11.4. The van der Waals surface area contributed by atoms with Gasteiger partial charge in [0.25, 0.3) is 0 Å². The summed E-state index contributed by atoms with van der Waals surface area (Å²) >= 11 is 3.30. The first kappa shape index (κ1) is 11.2. The second-order valence-electron chi connectivity index (χ2n) is 3.44. The monoisotopic (exact) mass is 278 g/mol. The number of nitrogens with zero attached hydrogens (tertiary/aromatic N) is 2. The Morgan fingerprint density at radius 1 is 1.19 bits per heavy atom. The van der Waals surface area contributed by atoms with Gasteiger partial charge in [-0.2, -0.15) is 0 Å². The molecule has 4 heteroatoms. The molecule has 1 unspecified atom stereocenters. The fourth-order valence-corrected chi connectivity index (χ4v) is 1.64. The van der Waals surface area contributed by atoms with Crippen molar-refractivity contribution in [3.8, 4) is 0 Å². The van der Waals surface area contributed by atoms with Gasteiger partial charge in [0, 0.05) is 29.0 Å². The van der Waals surface area contributed by atoms with Crippen LogP contribution in [0.4, 0.5) is 0 Å². The third-order valence-corrected chi connectivity index (χ3v) is 2.69. The van der Waals surface area contributed by atoms with Crippen molar-refractivity contribution >= 4 is 15.9 Å². The lowest BCUT2D eigenvalue weighted by atomic mass is 10.1. The van der Waals surface area contributed by atoms with E-state index in [4.69, 9.17) is 0 Å². The van der Waals surface area contributed by atoms with Crippen LogP contribution in [0.15, 0.2) is 47.2 Å². The first-order valence-electron chi connectivity index (χ1n) is 4.95. The number of aliphatic hydroxyl groups excluding tert-OH is 1. The maximum absolute atomic E-state index is 9.95. The van der Waals surface area contributed by atoms with Crippen molar-refractivity contribution in [2.45, 2.75) is 12.5 Å². The van der Waals surface area contributed by atoms with Crippen LogP contribution < -0.4 is 0 Å². The molecule has 0 amide bonds. The molecule has 0 saturated carbocycles. The van der Waals surface area contributed by atoms with E-state index in [0.717, 1.165) is 10.2 Å². The number of pyridine rings is 2. The van der Waals surface area contributed by atoms with Gasteiger partial charge >= 0.3 is 0 Å². The molecule has 0 aliphatic carbocycles. The quantitative estimate of drug-likeness (QED) is 0.939. The van der Waals surface area contributed by atoms with E-state index < -0.39 is 6.10 Å². The molecule has 2 aromatic heterocycles. The molecule has 0 aliphatic rings. The highest BCUT2D eigenvalue weighted by atomic mass is 79.9. The Kier molecular flexibility index (Phi) is 3.64. The Morgan fingerprint density at radius 2 is 2.06 bits per heavy atom. The van der Waals surface area contributed by atoms with Gasteiger partial charge in [0.2, 0.25) is 0 Å². The average molecular weight is 279 g/mol. The smallest absolute Gasteiger partial charge is 0.101 e. The molecule has 0 aliphatic heterocycles. The molecular formula is C12H11BrN2O. The van der Waals surface area contributed by atoms with Crippen LogP contribution in [0.5, 0.6) is 0 Å². The summed E-state index contributed by atoms with van der Waals surface area (Å²) in [7, 11) is 0. The maximum Gasteiger partial charge on any atom is 0.101 e. The Labute approximate surface area is 102 Å². The minimum Gasteiger partial charge on any atom is -0.386 e. The second kappa shape index (κ2) is 5.18. The van der Waals surface area contributed by atoms with Crippen molar-refractivity contribution in [3.63, 3.8) is 0 Å². The standard InChI is InChI=1S/C12H11BrN2O/c13-9-4-5-11(15-8-9)12(16)7-10-3-1-2-6-14-10/h1-6,8,12,16H,7H2. The van der Waals surface area contributed by atoms with Crippen LogP contribution in [0, 0.1) is 0 Å². The summed E-state index contributed by atoms with van der Waals surface area (Å²) in [5.41, 5.74) is 1.52. The van der Waals surface area contributed by atoms with Crippen molar-refractivity contribution in [3.05, 3.63) is 58.6 Å². The summed E-state index contributed by atoms with van der Waals surface area (Å²) < 4.78 is 0.904. The highest BCUT2D eigenvalue weighted by Gasteiger charge is 2.10. The maximum atomic E-state index is 9.95. The summed E-state index contributed by atoms with van der Waals surface area (Å²) in [5.74, 6) is 0. The number of rotatable bonds is 3. The van der Waals surface area contributed by atoms with Crippen molar-refractivity contribution in [2.24, 2.45) is 0 Å². The van der Waals surface area contributed by atoms with Gasteiger partial charge in [-0.1, -0.05) is 6.07 Å². The van der Waals surface area contributed by atoms with Crippen LogP contribution >= 0.6 is 15.9 Å². The van der Waals surface area contributed by atoms with Crippen LogP contribution in [0.2, 0.25) is 0 Å². The van der Waals surface area contributed by atoms with E-state index in [0.29, 0.717) is 12.1 Å². The molecule has 2 rings (SSSR count). The van der Waals surface area contributed by atoms with Gasteiger partial charge in [0.1, 0.15) is 6.10 Å². The topological polar surface area (TPSA) is 46.0 Å². The molecule has 0 fully saturated rings. The molecule has 3 nitrogen and oxygen atoms in total. The molecule has 2 heterocycles. The van der Waals surface area contributed by atoms with E-state index in [9.17, 15) is 5.11 Å². The van der Waals surface area contributed by atoms with Gasteiger partial charge in [-0.05, 0) is 40.2 Å². The van der Waals surface area contributed by atoms with Crippen LogP contribution in [-0.4, -0.2) is 15.1 Å². The average Bonchev–Trinajstić information content (AvgIpc) is 2.31. The van der Waals surface area contributed by atoms with Gasteiger partial charge in [-0.25, -0.2) is 0 Å². The van der Waals surface area contributed by atoms with Crippen molar-refractivity contribution < 1.29 is 5.11 Å². The van der Waals surface area contributed by atoms with Crippen molar-refractivity contribution in [2.75, 3.05) is 0 Å². The zero-order valence-corrected chi connectivity index (χ0v) is 10.1. The Bertz CT molecular complexity index is 444. The second-order valence-corrected chi connectivity index (χ2v) is 4.36. The first-order chi connectivity index (χ1) is 7.75. The van der Waals surface area contributed by atoms with E-state index in [2.05, 4.69) is 25.9 Å². The Hall–Kier alpha value is -1.26. The van der Waals surface area contributed by atoms with Crippen molar-refractivity contribution in [1.29, 1.82) is 0 Å². The van der Waals surface area contributed by atoms with Crippen LogP contribution in [0.1, 0.15) is 17.5 Å². The summed E-state index contributed by atoms with van der Waals surface area (Å²) in [6.45, 7) is 0. The third kappa shape index (κ3) is 2.87. The molecule has 0 aromatic carbocycles. The molecule has 2 aromatic rings. The summed E-state index contributed by atoms with van der Waals surface area (Å²) in [5, 5.41) is 9.95. The molecule has 0 saturated heterocycles. The van der Waals surface area contributed by atoms with Crippen LogP contribution in [0.25, 0.3) is 0 Å². The predicted molar refractivity (Wildman–Crippen MR) is 64.8 cm³/mol. The lowest BCUT2D eigenvalue weighted by Crippen LogP contribution is -2.04. The minimum atomic E-state index is -0.608. The van der Waals surface area contributed by atoms with Gasteiger partial charge in [-0.3, -0.25) is 9.97 Å². The Balaban J connectivity index is 2.09. The zero-order valence-electron chi connectivity index (χ0n) is 8.55. The lowest BCUT2D eigenvalue weighted by Gasteiger charge is -2.09. The van der Waals surface area contributed by atoms with Gasteiger partial charge in [-0.15, -0.1) is 0 Å². The molecule has 16 heavy (non-hydrogen) atoms. The van der Waals surface area contributed by atoms with Crippen LogP contribution in [-0.2, 0) is 6.42 Å². The fraction of sp³-hybridized carbons (Fsp3) is 0.167. The molecule has 1 atom stereocenters. The van der Waals surface area contributed by atoms with Crippen molar-refractivity contribution in [1.82, 2.24) is 9.97 Å². The van der Waals surface area contributed by atoms with E-state index in [1.807, 2.05) is 24.3 Å². The van der Waals surface area contributed by atoms with Gasteiger partial charge < -0.3 is 5.11 Å². The van der Waals surface area contributed by atoms with E-state index >= 15 is 0 Å². The molecule has 1 N–H and O–H groups in total. The number of aliphatic hydroxyl groups is 1. The van der Waals surface area contributed by atoms with E-state index in [1.54, 1.807) is 18.5 Å². The molecule has 0 bridgehead atoms. The molecular weight excluding hydrogens is 268 g/mol. The largest absolute Gasteiger partial charge is 0.386 e. The van der Waals surface area contributed by atoms with E-state index in [1.165, 1.54) is 0 Å². The molecule has 0 spiro atoms.